The van der Waals surface area contributed by atoms with Gasteiger partial charge in [0, 0.05) is 25.2 Å². The van der Waals surface area contributed by atoms with Crippen LogP contribution in [0.2, 0.25) is 0 Å². The van der Waals surface area contributed by atoms with Crippen molar-refractivity contribution in [1.29, 1.82) is 0 Å². The van der Waals surface area contributed by atoms with Gasteiger partial charge in [0.05, 0.1) is 10.6 Å². The number of non-ortho nitro benzene ring substituents is 1. The summed E-state index contributed by atoms with van der Waals surface area (Å²) in [5.41, 5.74) is 0.772. The van der Waals surface area contributed by atoms with E-state index in [0.29, 0.717) is 18.7 Å². The Bertz CT molecular complexity index is 962. The van der Waals surface area contributed by atoms with Gasteiger partial charge in [-0.05, 0) is 36.8 Å². The molecule has 0 bridgehead atoms. The molecule has 1 aromatic heterocycles. The van der Waals surface area contributed by atoms with Crippen molar-refractivity contribution in [2.24, 2.45) is 0 Å². The summed E-state index contributed by atoms with van der Waals surface area (Å²) in [6.07, 6.45) is 1.61. The Kier molecular flexibility index (Phi) is 5.08. The molecule has 1 aliphatic rings. The topological polar surface area (TPSA) is 110 Å². The molecule has 1 aliphatic heterocycles. The molecule has 1 saturated heterocycles. The van der Waals surface area contributed by atoms with Crippen molar-refractivity contribution in [3.8, 4) is 0 Å². The van der Waals surface area contributed by atoms with Gasteiger partial charge in [-0.25, -0.2) is 8.42 Å². The van der Waals surface area contributed by atoms with E-state index in [-0.39, 0.29) is 21.1 Å². The van der Waals surface area contributed by atoms with Crippen LogP contribution in [0.3, 0.4) is 0 Å². The van der Waals surface area contributed by atoms with Crippen molar-refractivity contribution >= 4 is 38.6 Å². The Morgan fingerprint density at radius 3 is 2.62 bits per heavy atom. The minimum Gasteiger partial charge on any atom is -0.321 e. The van der Waals surface area contributed by atoms with Crippen molar-refractivity contribution in [1.82, 2.24) is 4.31 Å². The van der Waals surface area contributed by atoms with Crippen LogP contribution in [0, 0.1) is 17.0 Å². The van der Waals surface area contributed by atoms with Crippen molar-refractivity contribution in [2.75, 3.05) is 18.4 Å². The minimum atomic E-state index is -3.72. The molecule has 8 nitrogen and oxygen atoms in total. The molecule has 2 aromatic rings. The molecule has 26 heavy (non-hydrogen) atoms. The number of nitro groups is 1. The summed E-state index contributed by atoms with van der Waals surface area (Å²) in [4.78, 5) is 23.1. The average Bonchev–Trinajstić information content (AvgIpc) is 3.28. The van der Waals surface area contributed by atoms with Crippen LogP contribution < -0.4 is 5.32 Å². The van der Waals surface area contributed by atoms with E-state index in [4.69, 9.17) is 0 Å². The predicted octanol–water partition coefficient (Wildman–Crippen LogP) is 3.00. The Morgan fingerprint density at radius 1 is 1.27 bits per heavy atom. The number of aryl methyl sites for hydroxylation is 1. The van der Waals surface area contributed by atoms with Gasteiger partial charge in [-0.3, -0.25) is 14.9 Å². The molecule has 1 N–H and O–H groups in total. The number of carbonyl (C=O) groups excluding carboxylic acids is 1. The first-order chi connectivity index (χ1) is 12.3. The van der Waals surface area contributed by atoms with E-state index in [1.165, 1.54) is 28.6 Å². The van der Waals surface area contributed by atoms with Gasteiger partial charge >= 0.3 is 0 Å². The molecule has 0 unspecified atom stereocenters. The second-order valence-electron chi connectivity index (χ2n) is 5.94. The lowest BCUT2D eigenvalue weighted by atomic mass is 10.2. The third-order valence-electron chi connectivity index (χ3n) is 4.20. The number of hydrogen-bond donors (Lipinski definition) is 1. The molecule has 3 rings (SSSR count). The first-order valence-electron chi connectivity index (χ1n) is 7.95. The summed E-state index contributed by atoms with van der Waals surface area (Å²) in [6.45, 7) is 2.60. The highest BCUT2D eigenvalue weighted by Crippen LogP contribution is 2.29. The van der Waals surface area contributed by atoms with Gasteiger partial charge in [-0.15, -0.1) is 11.3 Å². The Labute approximate surface area is 154 Å². The lowest BCUT2D eigenvalue weighted by molar-refractivity contribution is -0.384. The second kappa shape index (κ2) is 7.14. The normalized spacial score (nSPS) is 15.1. The number of benzene rings is 1. The van der Waals surface area contributed by atoms with E-state index in [0.717, 1.165) is 24.2 Å². The van der Waals surface area contributed by atoms with Gasteiger partial charge < -0.3 is 5.32 Å². The van der Waals surface area contributed by atoms with Crippen LogP contribution in [0.15, 0.2) is 34.5 Å². The predicted molar refractivity (Wildman–Crippen MR) is 98.1 cm³/mol. The third kappa shape index (κ3) is 3.48. The van der Waals surface area contributed by atoms with Gasteiger partial charge in [-0.2, -0.15) is 4.31 Å². The second-order valence-corrected chi connectivity index (χ2v) is 8.76. The van der Waals surface area contributed by atoms with Crippen molar-refractivity contribution < 1.29 is 18.1 Å². The van der Waals surface area contributed by atoms with E-state index in [9.17, 15) is 23.3 Å². The number of amides is 1. The Balaban J connectivity index is 1.90. The zero-order valence-electron chi connectivity index (χ0n) is 14.0. The fourth-order valence-electron chi connectivity index (χ4n) is 2.77. The molecular formula is C16H17N3O5S2. The van der Waals surface area contributed by atoms with Gasteiger partial charge in [-0.1, -0.05) is 6.07 Å². The summed E-state index contributed by atoms with van der Waals surface area (Å²) >= 11 is 1.03. The summed E-state index contributed by atoms with van der Waals surface area (Å²) in [7, 11) is -3.72. The van der Waals surface area contributed by atoms with Crippen molar-refractivity contribution in [3.05, 3.63) is 50.2 Å². The van der Waals surface area contributed by atoms with E-state index in [1.807, 2.05) is 0 Å². The maximum atomic E-state index is 12.7. The molecular weight excluding hydrogens is 378 g/mol. The molecule has 0 radical (unpaired) electrons. The number of rotatable bonds is 5. The molecule has 1 aromatic carbocycles. The molecule has 2 heterocycles. The van der Waals surface area contributed by atoms with Crippen LogP contribution in [-0.4, -0.2) is 36.6 Å². The van der Waals surface area contributed by atoms with E-state index in [1.54, 1.807) is 12.3 Å². The molecule has 0 saturated carbocycles. The number of anilines is 1. The largest absolute Gasteiger partial charge is 0.321 e. The zero-order chi connectivity index (χ0) is 18.9. The Morgan fingerprint density at radius 2 is 1.96 bits per heavy atom. The number of carbonyl (C=O) groups is 1. The standard InChI is InChI=1S/C16H17N3O5S2/c1-11-4-5-12(19(21)22)10-13(11)17-16(20)15-14(6-9-25-15)26(23,24)18-7-2-3-8-18/h4-6,9-10H,2-3,7-8H2,1H3,(H,17,20). The number of nitrogens with zero attached hydrogens (tertiary/aromatic N) is 2. The monoisotopic (exact) mass is 395 g/mol. The third-order valence-corrected chi connectivity index (χ3v) is 7.18. The number of thiophene rings is 1. The first kappa shape index (κ1) is 18.5. The van der Waals surface area contributed by atoms with E-state index >= 15 is 0 Å². The zero-order valence-corrected chi connectivity index (χ0v) is 15.6. The molecule has 1 amide bonds. The average molecular weight is 395 g/mol. The van der Waals surface area contributed by atoms with Crippen molar-refractivity contribution in [2.45, 2.75) is 24.7 Å². The van der Waals surface area contributed by atoms with Crippen LogP contribution in [-0.2, 0) is 10.0 Å². The number of nitro benzene ring substituents is 1. The van der Waals surface area contributed by atoms with Crippen LogP contribution >= 0.6 is 11.3 Å². The van der Waals surface area contributed by atoms with Gasteiger partial charge in [0.2, 0.25) is 10.0 Å². The number of hydrogen-bond acceptors (Lipinski definition) is 6. The van der Waals surface area contributed by atoms with Crippen LogP contribution in [0.25, 0.3) is 0 Å². The highest BCUT2D eigenvalue weighted by molar-refractivity contribution is 7.89. The molecule has 10 heteroatoms. The molecule has 0 atom stereocenters. The lowest BCUT2D eigenvalue weighted by Crippen LogP contribution is -2.29. The van der Waals surface area contributed by atoms with Gasteiger partial charge in [0.15, 0.2) is 0 Å². The summed E-state index contributed by atoms with van der Waals surface area (Å²) < 4.78 is 26.9. The van der Waals surface area contributed by atoms with E-state index < -0.39 is 20.9 Å². The minimum absolute atomic E-state index is 0.0232. The number of nitrogens with one attached hydrogen (secondary N) is 1. The fraction of sp³-hybridized carbons (Fsp3) is 0.312. The highest BCUT2D eigenvalue weighted by Gasteiger charge is 2.32. The van der Waals surface area contributed by atoms with Gasteiger partial charge in [0.25, 0.3) is 11.6 Å². The fourth-order valence-corrected chi connectivity index (χ4v) is 5.58. The molecule has 138 valence electrons. The first-order valence-corrected chi connectivity index (χ1v) is 10.3. The van der Waals surface area contributed by atoms with E-state index in [2.05, 4.69) is 5.32 Å². The smallest absolute Gasteiger partial charge is 0.271 e. The summed E-state index contributed by atoms with van der Waals surface area (Å²) in [5, 5.41) is 15.1. The lowest BCUT2D eigenvalue weighted by Gasteiger charge is -2.16. The Hall–Kier alpha value is -2.30. The van der Waals surface area contributed by atoms with Crippen molar-refractivity contribution in [3.63, 3.8) is 0 Å². The van der Waals surface area contributed by atoms with Crippen LogP contribution in [0.1, 0.15) is 28.1 Å². The van der Waals surface area contributed by atoms with Crippen LogP contribution in [0.5, 0.6) is 0 Å². The van der Waals surface area contributed by atoms with Crippen LogP contribution in [0.4, 0.5) is 11.4 Å². The summed E-state index contributed by atoms with van der Waals surface area (Å²) in [6, 6.07) is 5.56. The maximum absolute atomic E-state index is 12.7. The SMILES string of the molecule is Cc1ccc([N+](=O)[O-])cc1NC(=O)c1sccc1S(=O)(=O)N1CCCC1. The summed E-state index contributed by atoms with van der Waals surface area (Å²) in [5.74, 6) is -0.596. The highest BCUT2D eigenvalue weighted by atomic mass is 32.2. The maximum Gasteiger partial charge on any atom is 0.271 e. The van der Waals surface area contributed by atoms with Gasteiger partial charge in [0.1, 0.15) is 9.77 Å². The molecule has 0 aliphatic carbocycles. The number of sulfonamides is 1. The molecule has 0 spiro atoms. The quantitative estimate of drug-likeness (QED) is 0.618. The molecule has 1 fully saturated rings.